The third-order valence-corrected chi connectivity index (χ3v) is 3.67. The highest BCUT2D eigenvalue weighted by atomic mass is 35.5. The Bertz CT molecular complexity index is 728. The molecule has 2 aromatic rings. The van der Waals surface area contributed by atoms with Crippen LogP contribution in [0.25, 0.3) is 0 Å². The number of benzene rings is 2. The van der Waals surface area contributed by atoms with Crippen molar-refractivity contribution >= 4 is 29.0 Å². The van der Waals surface area contributed by atoms with Gasteiger partial charge in [0.25, 0.3) is 0 Å². The molecule has 0 saturated heterocycles. The first-order chi connectivity index (χ1) is 11.5. The molecule has 0 saturated carbocycles. The molecule has 6 heteroatoms. The summed E-state index contributed by atoms with van der Waals surface area (Å²) in [7, 11) is 3.02. The van der Waals surface area contributed by atoms with Crippen LogP contribution in [-0.4, -0.2) is 25.9 Å². The van der Waals surface area contributed by atoms with E-state index < -0.39 is 0 Å². The van der Waals surface area contributed by atoms with E-state index in [-0.39, 0.29) is 24.5 Å². The number of ether oxygens (including phenoxy) is 2. The molecular weight excluding hydrogens is 330 g/mol. The fourth-order valence-electron chi connectivity index (χ4n) is 2.15. The highest BCUT2D eigenvalue weighted by Gasteiger charge is 2.15. The SMILES string of the molecule is COc1ccc(C(=O)CCC(=O)Nc2ccc(Cl)cc2)c(OC)c1. The number of hydrogen-bond acceptors (Lipinski definition) is 4. The molecule has 0 aliphatic carbocycles. The summed E-state index contributed by atoms with van der Waals surface area (Å²) in [5.41, 5.74) is 1.07. The van der Waals surface area contributed by atoms with Crippen LogP contribution in [0.5, 0.6) is 11.5 Å². The second kappa shape index (κ2) is 8.36. The van der Waals surface area contributed by atoms with Crippen LogP contribution < -0.4 is 14.8 Å². The number of nitrogens with one attached hydrogen (secondary N) is 1. The fourth-order valence-corrected chi connectivity index (χ4v) is 2.27. The highest BCUT2D eigenvalue weighted by Crippen LogP contribution is 2.26. The quantitative estimate of drug-likeness (QED) is 0.770. The lowest BCUT2D eigenvalue weighted by atomic mass is 10.0. The van der Waals surface area contributed by atoms with Crippen molar-refractivity contribution in [2.24, 2.45) is 0 Å². The summed E-state index contributed by atoms with van der Waals surface area (Å²) in [6.07, 6.45) is 0.165. The number of carbonyl (C=O) groups excluding carboxylic acids is 2. The van der Waals surface area contributed by atoms with Crippen LogP contribution in [0.4, 0.5) is 5.69 Å². The minimum absolute atomic E-state index is 0.0800. The highest BCUT2D eigenvalue weighted by molar-refractivity contribution is 6.30. The molecule has 24 heavy (non-hydrogen) atoms. The number of hydrogen-bond donors (Lipinski definition) is 1. The van der Waals surface area contributed by atoms with E-state index in [0.717, 1.165) is 0 Å². The summed E-state index contributed by atoms with van der Waals surface area (Å²) >= 11 is 5.79. The topological polar surface area (TPSA) is 64.6 Å². The third-order valence-electron chi connectivity index (χ3n) is 3.42. The van der Waals surface area contributed by atoms with Gasteiger partial charge in [0.2, 0.25) is 5.91 Å². The van der Waals surface area contributed by atoms with E-state index in [0.29, 0.717) is 27.8 Å². The summed E-state index contributed by atoms with van der Waals surface area (Å²) < 4.78 is 10.3. The molecule has 0 bridgehead atoms. The van der Waals surface area contributed by atoms with Gasteiger partial charge in [0.1, 0.15) is 11.5 Å². The van der Waals surface area contributed by atoms with Crippen molar-refractivity contribution in [3.05, 3.63) is 53.1 Å². The normalized spacial score (nSPS) is 10.1. The third kappa shape index (κ3) is 4.73. The molecule has 0 unspecified atom stereocenters. The Morgan fingerprint density at radius 1 is 1.00 bits per heavy atom. The molecule has 0 aromatic heterocycles. The zero-order valence-electron chi connectivity index (χ0n) is 13.5. The molecule has 126 valence electrons. The van der Waals surface area contributed by atoms with E-state index in [2.05, 4.69) is 5.32 Å². The van der Waals surface area contributed by atoms with Gasteiger partial charge in [-0.3, -0.25) is 9.59 Å². The van der Waals surface area contributed by atoms with Crippen molar-refractivity contribution in [2.45, 2.75) is 12.8 Å². The second-order valence-corrected chi connectivity index (χ2v) is 5.48. The monoisotopic (exact) mass is 347 g/mol. The van der Waals surface area contributed by atoms with Crippen LogP contribution >= 0.6 is 11.6 Å². The van der Waals surface area contributed by atoms with Crippen LogP contribution in [0.1, 0.15) is 23.2 Å². The smallest absolute Gasteiger partial charge is 0.224 e. The lowest BCUT2D eigenvalue weighted by Gasteiger charge is -2.10. The van der Waals surface area contributed by atoms with Gasteiger partial charge in [-0.1, -0.05) is 11.6 Å². The maximum atomic E-state index is 12.3. The standard InChI is InChI=1S/C18H18ClNO4/c1-23-14-7-8-15(17(11-14)24-2)16(21)9-10-18(22)20-13-5-3-12(19)4-6-13/h3-8,11H,9-10H2,1-2H3,(H,20,22). The number of Topliss-reactive ketones (excluding diaryl/α,β-unsaturated/α-hetero) is 1. The van der Waals surface area contributed by atoms with E-state index in [9.17, 15) is 9.59 Å². The summed E-state index contributed by atoms with van der Waals surface area (Å²) in [5, 5.41) is 3.31. The summed E-state index contributed by atoms with van der Waals surface area (Å²) in [4.78, 5) is 24.2. The first kappa shape index (κ1) is 17.8. The van der Waals surface area contributed by atoms with Gasteiger partial charge in [-0.2, -0.15) is 0 Å². The second-order valence-electron chi connectivity index (χ2n) is 5.04. The van der Waals surface area contributed by atoms with Crippen LogP contribution in [0.15, 0.2) is 42.5 Å². The molecule has 0 aliphatic rings. The number of anilines is 1. The Hall–Kier alpha value is -2.53. The van der Waals surface area contributed by atoms with Crippen molar-refractivity contribution in [2.75, 3.05) is 19.5 Å². The molecule has 5 nitrogen and oxygen atoms in total. The van der Waals surface area contributed by atoms with Gasteiger partial charge in [0.05, 0.1) is 19.8 Å². The molecule has 0 aliphatic heterocycles. The average molecular weight is 348 g/mol. The lowest BCUT2D eigenvalue weighted by Crippen LogP contribution is -2.13. The number of carbonyl (C=O) groups is 2. The summed E-state index contributed by atoms with van der Waals surface area (Å²) in [6.45, 7) is 0. The van der Waals surface area contributed by atoms with Crippen LogP contribution in [0.3, 0.4) is 0 Å². The molecule has 0 atom stereocenters. The van der Waals surface area contributed by atoms with Gasteiger partial charge in [-0.15, -0.1) is 0 Å². The van der Waals surface area contributed by atoms with Crippen molar-refractivity contribution in [1.82, 2.24) is 0 Å². The van der Waals surface area contributed by atoms with Crippen LogP contribution in [0, 0.1) is 0 Å². The van der Waals surface area contributed by atoms with E-state index in [1.165, 1.54) is 14.2 Å². The molecule has 0 fully saturated rings. The molecule has 0 heterocycles. The van der Waals surface area contributed by atoms with Gasteiger partial charge in [0.15, 0.2) is 5.78 Å². The molecule has 0 spiro atoms. The maximum Gasteiger partial charge on any atom is 0.224 e. The Labute approximate surface area is 145 Å². The number of methoxy groups -OCH3 is 2. The number of rotatable bonds is 7. The zero-order chi connectivity index (χ0) is 17.5. The zero-order valence-corrected chi connectivity index (χ0v) is 14.2. The Morgan fingerprint density at radius 3 is 2.33 bits per heavy atom. The largest absolute Gasteiger partial charge is 0.497 e. The van der Waals surface area contributed by atoms with E-state index in [1.807, 2.05) is 0 Å². The van der Waals surface area contributed by atoms with E-state index >= 15 is 0 Å². The minimum atomic E-state index is -0.238. The van der Waals surface area contributed by atoms with Gasteiger partial charge in [-0.25, -0.2) is 0 Å². The molecule has 1 amide bonds. The van der Waals surface area contributed by atoms with Crippen molar-refractivity contribution in [1.29, 1.82) is 0 Å². The first-order valence-corrected chi connectivity index (χ1v) is 7.72. The number of halogens is 1. The van der Waals surface area contributed by atoms with Crippen LogP contribution in [0.2, 0.25) is 5.02 Å². The molecular formula is C18H18ClNO4. The maximum absolute atomic E-state index is 12.3. The Kier molecular flexibility index (Phi) is 6.21. The Morgan fingerprint density at radius 2 is 1.71 bits per heavy atom. The molecule has 1 N–H and O–H groups in total. The van der Waals surface area contributed by atoms with E-state index in [4.69, 9.17) is 21.1 Å². The first-order valence-electron chi connectivity index (χ1n) is 7.34. The predicted molar refractivity (Wildman–Crippen MR) is 93.2 cm³/mol. The van der Waals surface area contributed by atoms with Gasteiger partial charge >= 0.3 is 0 Å². The van der Waals surface area contributed by atoms with Crippen molar-refractivity contribution < 1.29 is 19.1 Å². The predicted octanol–water partition coefficient (Wildman–Crippen LogP) is 3.96. The van der Waals surface area contributed by atoms with Crippen LogP contribution in [-0.2, 0) is 4.79 Å². The van der Waals surface area contributed by atoms with Gasteiger partial charge in [-0.05, 0) is 36.4 Å². The van der Waals surface area contributed by atoms with Crippen molar-refractivity contribution in [3.63, 3.8) is 0 Å². The lowest BCUT2D eigenvalue weighted by molar-refractivity contribution is -0.116. The number of amides is 1. The van der Waals surface area contributed by atoms with Gasteiger partial charge < -0.3 is 14.8 Å². The molecule has 2 rings (SSSR count). The molecule has 2 aromatic carbocycles. The van der Waals surface area contributed by atoms with Gasteiger partial charge in [0, 0.05) is 29.6 Å². The van der Waals surface area contributed by atoms with Crippen molar-refractivity contribution in [3.8, 4) is 11.5 Å². The Balaban J connectivity index is 1.95. The number of ketones is 1. The molecule has 0 radical (unpaired) electrons. The van der Waals surface area contributed by atoms with E-state index in [1.54, 1.807) is 42.5 Å². The summed E-state index contributed by atoms with van der Waals surface area (Å²) in [5.74, 6) is 0.625. The summed E-state index contributed by atoms with van der Waals surface area (Å²) in [6, 6.07) is 11.7. The average Bonchev–Trinajstić information content (AvgIpc) is 2.61. The minimum Gasteiger partial charge on any atom is -0.497 e. The fraction of sp³-hybridized carbons (Fsp3) is 0.222.